The van der Waals surface area contributed by atoms with Gasteiger partial charge in [-0.25, -0.2) is 18.0 Å². The fraction of sp³-hybridized carbons (Fsp3) is 0.600. The smallest absolute Gasteiger partial charge is 0.348 e. The van der Waals surface area contributed by atoms with Crippen molar-refractivity contribution in [1.29, 1.82) is 0 Å². The molecule has 1 aromatic heterocycles. The highest BCUT2D eigenvalue weighted by Crippen LogP contribution is 2.35. The molecule has 25 heavy (non-hydrogen) atoms. The topological polar surface area (TPSA) is 99.2 Å². The number of ether oxygens (including phenoxy) is 3. The lowest BCUT2D eigenvalue weighted by molar-refractivity contribution is -0.0440. The van der Waals surface area contributed by atoms with Gasteiger partial charge in [0.15, 0.2) is 4.21 Å². The Hall–Kier alpha value is -1.49. The average molecular weight is 391 g/mol. The zero-order valence-electron chi connectivity index (χ0n) is 14.7. The second-order valence-corrected chi connectivity index (χ2v) is 8.93. The highest BCUT2D eigenvalue weighted by molar-refractivity contribution is 7.91. The molecule has 0 radical (unpaired) electrons. The molecule has 0 bridgehead atoms. The maximum absolute atomic E-state index is 13.1. The first-order chi connectivity index (χ1) is 11.6. The zero-order valence-corrected chi connectivity index (χ0v) is 16.3. The van der Waals surface area contributed by atoms with Crippen LogP contribution in [-0.2, 0) is 24.2 Å². The molecule has 1 saturated heterocycles. The highest BCUT2D eigenvalue weighted by Gasteiger charge is 2.38. The zero-order chi connectivity index (χ0) is 18.9. The van der Waals surface area contributed by atoms with Crippen molar-refractivity contribution < 1.29 is 32.2 Å². The molecule has 1 aliphatic rings. The maximum atomic E-state index is 13.1. The molecule has 0 aliphatic carbocycles. The Kier molecular flexibility index (Phi) is 5.87. The molecule has 0 N–H and O–H groups in total. The van der Waals surface area contributed by atoms with E-state index in [1.165, 1.54) is 18.3 Å². The summed E-state index contributed by atoms with van der Waals surface area (Å²) in [6, 6.07) is 0. The fourth-order valence-electron chi connectivity index (χ4n) is 2.74. The summed E-state index contributed by atoms with van der Waals surface area (Å²) in [6.45, 7) is 5.38. The van der Waals surface area contributed by atoms with Crippen LogP contribution in [-0.4, -0.2) is 64.2 Å². The van der Waals surface area contributed by atoms with Crippen molar-refractivity contribution in [2.75, 3.05) is 27.3 Å². The van der Waals surface area contributed by atoms with E-state index in [9.17, 15) is 18.0 Å². The van der Waals surface area contributed by atoms with E-state index in [0.29, 0.717) is 0 Å². The number of carbonyl (C=O) groups is 2. The number of thiophene rings is 1. The Bertz CT molecular complexity index is 774. The summed E-state index contributed by atoms with van der Waals surface area (Å²) in [7, 11) is -1.64. The lowest BCUT2D eigenvalue weighted by Gasteiger charge is -2.34. The van der Waals surface area contributed by atoms with Crippen LogP contribution >= 0.6 is 11.3 Å². The van der Waals surface area contributed by atoms with Gasteiger partial charge in [-0.05, 0) is 26.3 Å². The van der Waals surface area contributed by atoms with Gasteiger partial charge in [0.05, 0.1) is 32.0 Å². The van der Waals surface area contributed by atoms with Gasteiger partial charge in [0.1, 0.15) is 4.88 Å². The van der Waals surface area contributed by atoms with E-state index in [1.54, 1.807) is 13.8 Å². The third-order valence-electron chi connectivity index (χ3n) is 3.84. The summed E-state index contributed by atoms with van der Waals surface area (Å²) in [5, 5.41) is 0. The number of morpholine rings is 1. The van der Waals surface area contributed by atoms with Crippen LogP contribution in [0.5, 0.6) is 0 Å². The third kappa shape index (κ3) is 3.71. The molecule has 1 aromatic rings. The second kappa shape index (κ2) is 7.40. The summed E-state index contributed by atoms with van der Waals surface area (Å²) in [6.07, 6.45) is -0.553. The van der Waals surface area contributed by atoms with Crippen molar-refractivity contribution in [3.8, 4) is 0 Å². The molecule has 0 unspecified atom stereocenters. The summed E-state index contributed by atoms with van der Waals surface area (Å²) in [5.41, 5.74) is 0.108. The molecule has 10 heteroatoms. The van der Waals surface area contributed by atoms with E-state index >= 15 is 0 Å². The first-order valence-corrected chi connectivity index (χ1v) is 9.84. The van der Waals surface area contributed by atoms with Gasteiger partial charge >= 0.3 is 11.9 Å². The van der Waals surface area contributed by atoms with E-state index in [2.05, 4.69) is 4.74 Å². The molecule has 0 saturated carbocycles. The highest BCUT2D eigenvalue weighted by atomic mass is 32.2. The molecule has 1 aliphatic heterocycles. The molecule has 0 spiro atoms. The van der Waals surface area contributed by atoms with Crippen LogP contribution in [0.4, 0.5) is 0 Å². The van der Waals surface area contributed by atoms with Crippen LogP contribution in [0.2, 0.25) is 0 Å². The summed E-state index contributed by atoms with van der Waals surface area (Å²) < 4.78 is 42.3. The number of rotatable bonds is 4. The Morgan fingerprint density at radius 3 is 2.12 bits per heavy atom. The van der Waals surface area contributed by atoms with Crippen molar-refractivity contribution in [2.24, 2.45) is 0 Å². The number of hydrogen-bond acceptors (Lipinski definition) is 8. The van der Waals surface area contributed by atoms with Gasteiger partial charge in [0.2, 0.25) is 0 Å². The number of nitrogens with zero attached hydrogens (tertiary/aromatic N) is 1. The monoisotopic (exact) mass is 391 g/mol. The van der Waals surface area contributed by atoms with Crippen molar-refractivity contribution in [3.05, 3.63) is 16.0 Å². The first-order valence-electron chi connectivity index (χ1n) is 7.59. The van der Waals surface area contributed by atoms with Gasteiger partial charge in [-0.1, -0.05) is 0 Å². The fourth-order valence-corrected chi connectivity index (χ4v) is 6.21. The average Bonchev–Trinajstić information content (AvgIpc) is 2.90. The number of carbonyl (C=O) groups excluding carboxylic acids is 2. The minimum atomic E-state index is -3.99. The number of sulfonamides is 1. The lowest BCUT2D eigenvalue weighted by atomic mass is 10.2. The van der Waals surface area contributed by atoms with Gasteiger partial charge in [-0.15, -0.1) is 11.3 Å². The van der Waals surface area contributed by atoms with Crippen molar-refractivity contribution in [1.82, 2.24) is 4.31 Å². The van der Waals surface area contributed by atoms with E-state index in [-0.39, 0.29) is 45.5 Å². The minimum absolute atomic E-state index is 0.0656. The molecule has 2 rings (SSSR count). The largest absolute Gasteiger partial charge is 0.465 e. The molecule has 0 amide bonds. The maximum Gasteiger partial charge on any atom is 0.348 e. The molecule has 2 heterocycles. The SMILES string of the molecule is COC(=O)c1sc(S(=O)(=O)N2C[C@@H](C)O[C@H](C)C2)c(C(=O)OC)c1C. The van der Waals surface area contributed by atoms with Gasteiger partial charge in [0, 0.05) is 13.1 Å². The van der Waals surface area contributed by atoms with Crippen molar-refractivity contribution in [3.63, 3.8) is 0 Å². The van der Waals surface area contributed by atoms with E-state index in [0.717, 1.165) is 18.4 Å². The normalized spacial score (nSPS) is 21.8. The van der Waals surface area contributed by atoms with Gasteiger partial charge in [-0.3, -0.25) is 0 Å². The molecule has 140 valence electrons. The van der Waals surface area contributed by atoms with Gasteiger partial charge < -0.3 is 14.2 Å². The summed E-state index contributed by atoms with van der Waals surface area (Å²) in [5.74, 6) is -1.50. The molecule has 2 atom stereocenters. The quantitative estimate of drug-likeness (QED) is 0.716. The van der Waals surface area contributed by atoms with Gasteiger partial charge in [0.25, 0.3) is 10.0 Å². The van der Waals surface area contributed by atoms with Crippen molar-refractivity contribution in [2.45, 2.75) is 37.2 Å². The number of methoxy groups -OCH3 is 2. The Morgan fingerprint density at radius 2 is 1.64 bits per heavy atom. The second-order valence-electron chi connectivity index (χ2n) is 5.78. The number of esters is 2. The van der Waals surface area contributed by atoms with Crippen LogP contribution in [0.15, 0.2) is 4.21 Å². The molecule has 8 nitrogen and oxygen atoms in total. The Balaban J connectivity index is 2.59. The van der Waals surface area contributed by atoms with Crippen LogP contribution in [0.1, 0.15) is 39.4 Å². The van der Waals surface area contributed by atoms with E-state index in [4.69, 9.17) is 9.47 Å². The first kappa shape index (κ1) is 19.8. The Labute approximate surface area is 150 Å². The van der Waals surface area contributed by atoms with Crippen LogP contribution in [0, 0.1) is 6.92 Å². The summed E-state index contributed by atoms with van der Waals surface area (Å²) >= 11 is 0.720. The molecule has 0 aromatic carbocycles. The summed E-state index contributed by atoms with van der Waals surface area (Å²) in [4.78, 5) is 24.2. The number of hydrogen-bond donors (Lipinski definition) is 0. The standard InChI is InChI=1S/C15H21NO7S2/c1-8-6-16(7-9(2)23-8)25(19,20)15-11(13(17)21-4)10(3)12(24-15)14(18)22-5/h8-9H,6-7H2,1-5H3/t8-,9-/m1/s1. The van der Waals surface area contributed by atoms with E-state index < -0.39 is 22.0 Å². The third-order valence-corrected chi connectivity index (χ3v) is 7.43. The molecule has 1 fully saturated rings. The van der Waals surface area contributed by atoms with Gasteiger partial charge in [-0.2, -0.15) is 4.31 Å². The van der Waals surface area contributed by atoms with Crippen LogP contribution in [0.3, 0.4) is 0 Å². The van der Waals surface area contributed by atoms with Crippen molar-refractivity contribution >= 4 is 33.3 Å². The predicted molar refractivity (Wildman–Crippen MR) is 90.5 cm³/mol. The minimum Gasteiger partial charge on any atom is -0.465 e. The molecular formula is C15H21NO7S2. The van der Waals surface area contributed by atoms with E-state index in [1.807, 2.05) is 0 Å². The molecular weight excluding hydrogens is 370 g/mol. The lowest BCUT2D eigenvalue weighted by Crippen LogP contribution is -2.48. The predicted octanol–water partition coefficient (Wildman–Crippen LogP) is 1.43. The van der Waals surface area contributed by atoms with Crippen LogP contribution < -0.4 is 0 Å². The van der Waals surface area contributed by atoms with Crippen LogP contribution in [0.25, 0.3) is 0 Å². The Morgan fingerprint density at radius 1 is 1.12 bits per heavy atom.